The Labute approximate surface area is 116 Å². The molecule has 0 bridgehead atoms. The monoisotopic (exact) mass is 295 g/mol. The highest BCUT2D eigenvalue weighted by molar-refractivity contribution is 7.92. The molecule has 0 aliphatic heterocycles. The molecule has 0 saturated carbocycles. The topological polar surface area (TPSA) is 66.4 Å². The van der Waals surface area contributed by atoms with Crippen LogP contribution in [0.2, 0.25) is 0 Å². The van der Waals surface area contributed by atoms with Gasteiger partial charge in [0.05, 0.1) is 10.6 Å². The molecule has 0 heterocycles. The van der Waals surface area contributed by atoms with Crippen LogP contribution in [0.5, 0.6) is 5.75 Å². The fourth-order valence-electron chi connectivity index (χ4n) is 1.84. The maximum Gasteiger partial charge on any atom is 0.262 e. The lowest BCUT2D eigenvalue weighted by molar-refractivity contribution is 0.477. The van der Waals surface area contributed by atoms with Crippen LogP contribution in [0.15, 0.2) is 41.3 Å². The lowest BCUT2D eigenvalue weighted by Gasteiger charge is -2.13. The fourth-order valence-corrected chi connectivity index (χ4v) is 3.24. The molecule has 106 valence electrons. The second-order valence-electron chi connectivity index (χ2n) is 4.48. The standard InChI is InChI=1S/C14H14FNO3S/c1-9-6-7-11(15)8-13(9)20(18,19)16-14-10(2)4-3-5-12(14)17/h3-8,16-17H,1-2H3. The van der Waals surface area contributed by atoms with Crippen LogP contribution in [0, 0.1) is 19.7 Å². The van der Waals surface area contributed by atoms with Gasteiger partial charge in [0.1, 0.15) is 11.6 Å². The van der Waals surface area contributed by atoms with E-state index >= 15 is 0 Å². The van der Waals surface area contributed by atoms with Crippen molar-refractivity contribution in [1.29, 1.82) is 0 Å². The average Bonchev–Trinajstić information content (AvgIpc) is 2.37. The molecule has 0 saturated heterocycles. The van der Waals surface area contributed by atoms with E-state index in [9.17, 15) is 17.9 Å². The van der Waals surface area contributed by atoms with Gasteiger partial charge in [-0.2, -0.15) is 0 Å². The Balaban J connectivity index is 2.49. The van der Waals surface area contributed by atoms with Crippen molar-refractivity contribution in [1.82, 2.24) is 0 Å². The lowest BCUT2D eigenvalue weighted by atomic mass is 10.2. The van der Waals surface area contributed by atoms with Gasteiger partial charge in [-0.15, -0.1) is 0 Å². The Bertz CT molecular complexity index is 737. The third kappa shape index (κ3) is 2.75. The molecule has 0 aromatic heterocycles. The lowest BCUT2D eigenvalue weighted by Crippen LogP contribution is -2.15. The first-order chi connectivity index (χ1) is 9.31. The highest BCUT2D eigenvalue weighted by Crippen LogP contribution is 2.29. The number of aromatic hydroxyl groups is 1. The summed E-state index contributed by atoms with van der Waals surface area (Å²) in [6, 6.07) is 8.18. The summed E-state index contributed by atoms with van der Waals surface area (Å²) in [6.45, 7) is 3.24. The van der Waals surface area contributed by atoms with Crippen LogP contribution >= 0.6 is 0 Å². The highest BCUT2D eigenvalue weighted by Gasteiger charge is 2.20. The molecule has 0 radical (unpaired) electrons. The summed E-state index contributed by atoms with van der Waals surface area (Å²) in [5.41, 5.74) is 1.09. The molecule has 20 heavy (non-hydrogen) atoms. The zero-order valence-electron chi connectivity index (χ0n) is 11.0. The van der Waals surface area contributed by atoms with Crippen molar-refractivity contribution in [2.75, 3.05) is 4.72 Å². The highest BCUT2D eigenvalue weighted by atomic mass is 32.2. The van der Waals surface area contributed by atoms with E-state index in [0.29, 0.717) is 11.1 Å². The molecule has 0 fully saturated rings. The molecule has 2 aromatic carbocycles. The predicted molar refractivity (Wildman–Crippen MR) is 74.8 cm³/mol. The first kappa shape index (κ1) is 14.3. The van der Waals surface area contributed by atoms with Crippen molar-refractivity contribution >= 4 is 15.7 Å². The van der Waals surface area contributed by atoms with Crippen LogP contribution in [0.1, 0.15) is 11.1 Å². The van der Waals surface area contributed by atoms with E-state index < -0.39 is 15.8 Å². The number of para-hydroxylation sites is 1. The van der Waals surface area contributed by atoms with Crippen molar-refractivity contribution in [3.63, 3.8) is 0 Å². The smallest absolute Gasteiger partial charge is 0.262 e. The van der Waals surface area contributed by atoms with E-state index in [0.717, 1.165) is 6.07 Å². The molecule has 0 aliphatic carbocycles. The maximum absolute atomic E-state index is 13.2. The van der Waals surface area contributed by atoms with E-state index in [1.54, 1.807) is 26.0 Å². The predicted octanol–water partition coefficient (Wildman–Crippen LogP) is 2.95. The van der Waals surface area contributed by atoms with Gasteiger partial charge >= 0.3 is 0 Å². The minimum Gasteiger partial charge on any atom is -0.506 e. The third-order valence-electron chi connectivity index (χ3n) is 2.93. The number of phenols is 1. The number of phenolic OH excluding ortho intramolecular Hbond substituents is 1. The van der Waals surface area contributed by atoms with Crippen LogP contribution in [-0.4, -0.2) is 13.5 Å². The number of nitrogens with one attached hydrogen (secondary N) is 1. The quantitative estimate of drug-likeness (QED) is 0.856. The van der Waals surface area contributed by atoms with Crippen molar-refractivity contribution in [3.8, 4) is 5.75 Å². The minimum atomic E-state index is -3.96. The number of anilines is 1. The number of hydrogen-bond donors (Lipinski definition) is 2. The van der Waals surface area contributed by atoms with Crippen molar-refractivity contribution < 1.29 is 17.9 Å². The summed E-state index contributed by atoms with van der Waals surface area (Å²) < 4.78 is 40.1. The molecule has 0 unspecified atom stereocenters. The van der Waals surface area contributed by atoms with Gasteiger partial charge in [-0.25, -0.2) is 12.8 Å². The van der Waals surface area contributed by atoms with Gasteiger partial charge in [-0.05, 0) is 43.2 Å². The molecular formula is C14H14FNO3S. The number of sulfonamides is 1. The van der Waals surface area contributed by atoms with Gasteiger partial charge in [0.2, 0.25) is 0 Å². The Morgan fingerprint density at radius 3 is 2.45 bits per heavy atom. The van der Waals surface area contributed by atoms with Crippen LogP contribution in [-0.2, 0) is 10.0 Å². The maximum atomic E-state index is 13.2. The molecule has 2 rings (SSSR count). The molecule has 2 aromatic rings. The van der Waals surface area contributed by atoms with E-state index in [1.165, 1.54) is 18.2 Å². The first-order valence-electron chi connectivity index (χ1n) is 5.89. The van der Waals surface area contributed by atoms with Crippen LogP contribution in [0.4, 0.5) is 10.1 Å². The molecular weight excluding hydrogens is 281 g/mol. The molecule has 0 amide bonds. The summed E-state index contributed by atoms with van der Waals surface area (Å²) in [5.74, 6) is -0.812. The van der Waals surface area contributed by atoms with Gasteiger partial charge in [0, 0.05) is 0 Å². The molecule has 4 nitrogen and oxygen atoms in total. The summed E-state index contributed by atoms with van der Waals surface area (Å²) in [4.78, 5) is -0.153. The Morgan fingerprint density at radius 2 is 1.80 bits per heavy atom. The van der Waals surface area contributed by atoms with E-state index in [1.807, 2.05) is 0 Å². The van der Waals surface area contributed by atoms with Crippen molar-refractivity contribution in [2.45, 2.75) is 18.7 Å². The van der Waals surface area contributed by atoms with Crippen LogP contribution in [0.25, 0.3) is 0 Å². The fraction of sp³-hybridized carbons (Fsp3) is 0.143. The third-order valence-corrected chi connectivity index (χ3v) is 4.42. The molecule has 6 heteroatoms. The number of benzene rings is 2. The largest absolute Gasteiger partial charge is 0.506 e. The normalized spacial score (nSPS) is 11.3. The zero-order valence-corrected chi connectivity index (χ0v) is 11.8. The first-order valence-corrected chi connectivity index (χ1v) is 7.37. The SMILES string of the molecule is Cc1ccc(F)cc1S(=O)(=O)Nc1c(C)cccc1O. The summed E-state index contributed by atoms with van der Waals surface area (Å²) >= 11 is 0. The molecule has 0 atom stereocenters. The van der Waals surface area contributed by atoms with Gasteiger partial charge in [-0.3, -0.25) is 4.72 Å². The molecule has 0 spiro atoms. The molecule has 2 N–H and O–H groups in total. The second kappa shape index (κ2) is 5.13. The van der Waals surface area contributed by atoms with Gasteiger partial charge in [0.25, 0.3) is 10.0 Å². The van der Waals surface area contributed by atoms with E-state index in [2.05, 4.69) is 4.72 Å². The Kier molecular flexibility index (Phi) is 3.67. The van der Waals surface area contributed by atoms with Gasteiger partial charge in [0.15, 0.2) is 0 Å². The van der Waals surface area contributed by atoms with Crippen LogP contribution in [0.3, 0.4) is 0 Å². The summed E-state index contributed by atoms with van der Waals surface area (Å²) in [7, 11) is -3.96. The Morgan fingerprint density at radius 1 is 1.10 bits per heavy atom. The number of hydrogen-bond acceptors (Lipinski definition) is 3. The average molecular weight is 295 g/mol. The number of aryl methyl sites for hydroxylation is 2. The van der Waals surface area contributed by atoms with Crippen LogP contribution < -0.4 is 4.72 Å². The van der Waals surface area contributed by atoms with E-state index in [-0.39, 0.29) is 16.3 Å². The second-order valence-corrected chi connectivity index (χ2v) is 6.14. The summed E-state index contributed by atoms with van der Waals surface area (Å²) in [5, 5.41) is 9.72. The summed E-state index contributed by atoms with van der Waals surface area (Å²) in [6.07, 6.45) is 0. The van der Waals surface area contributed by atoms with Crippen molar-refractivity contribution in [2.24, 2.45) is 0 Å². The number of rotatable bonds is 3. The Hall–Kier alpha value is -2.08. The van der Waals surface area contributed by atoms with Gasteiger partial charge in [-0.1, -0.05) is 18.2 Å². The zero-order chi connectivity index (χ0) is 14.9. The van der Waals surface area contributed by atoms with E-state index in [4.69, 9.17) is 0 Å². The van der Waals surface area contributed by atoms with Gasteiger partial charge < -0.3 is 5.11 Å². The van der Waals surface area contributed by atoms with Crippen molar-refractivity contribution in [3.05, 3.63) is 53.3 Å². The molecule has 0 aliphatic rings. The number of halogens is 1. The minimum absolute atomic E-state index is 0.0937.